The van der Waals surface area contributed by atoms with Crippen molar-refractivity contribution in [2.45, 2.75) is 19.3 Å². The zero-order valence-corrected chi connectivity index (χ0v) is 9.98. The number of benzene rings is 1. The lowest BCUT2D eigenvalue weighted by Gasteiger charge is -2.02. The van der Waals surface area contributed by atoms with Gasteiger partial charge < -0.3 is 10.5 Å². The first-order valence-corrected chi connectivity index (χ1v) is 6.15. The molecule has 0 unspecified atom stereocenters. The van der Waals surface area contributed by atoms with E-state index in [9.17, 15) is 4.79 Å². The molecule has 0 bridgehead atoms. The van der Waals surface area contributed by atoms with Gasteiger partial charge in [0.05, 0.1) is 12.1 Å². The van der Waals surface area contributed by atoms with Gasteiger partial charge in [-0.15, -0.1) is 0 Å². The molecule has 5 nitrogen and oxygen atoms in total. The van der Waals surface area contributed by atoms with Crippen LogP contribution in [0.2, 0.25) is 0 Å². The minimum Gasteiger partial charge on any atom is -0.461 e. The van der Waals surface area contributed by atoms with Gasteiger partial charge in [0.15, 0.2) is 5.69 Å². The van der Waals surface area contributed by atoms with Crippen molar-refractivity contribution in [2.75, 3.05) is 12.3 Å². The molecular formula is C13H15N3O2. The van der Waals surface area contributed by atoms with Crippen molar-refractivity contribution < 1.29 is 9.53 Å². The minimum absolute atomic E-state index is 0.313. The Morgan fingerprint density at radius 3 is 3.11 bits per heavy atom. The minimum atomic E-state index is -0.382. The summed E-state index contributed by atoms with van der Waals surface area (Å²) >= 11 is 0. The second kappa shape index (κ2) is 4.33. The quantitative estimate of drug-likeness (QED) is 0.638. The SMILES string of the molecule is Nc1ccc2[nH]nc(C(=O)OCCC3CC3)c2c1. The number of carbonyl (C=O) groups excluding carboxylic acids is 1. The third-order valence-electron chi connectivity index (χ3n) is 3.24. The van der Waals surface area contributed by atoms with Crippen molar-refractivity contribution in [3.05, 3.63) is 23.9 Å². The van der Waals surface area contributed by atoms with Crippen LogP contribution in [-0.2, 0) is 4.74 Å². The predicted octanol–water partition coefficient (Wildman–Crippen LogP) is 2.10. The molecule has 0 radical (unpaired) electrons. The first-order valence-electron chi connectivity index (χ1n) is 6.15. The van der Waals surface area contributed by atoms with Crippen LogP contribution in [0, 0.1) is 5.92 Å². The van der Waals surface area contributed by atoms with E-state index in [4.69, 9.17) is 10.5 Å². The van der Waals surface area contributed by atoms with Crippen LogP contribution >= 0.6 is 0 Å². The van der Waals surface area contributed by atoms with Gasteiger partial charge >= 0.3 is 5.97 Å². The molecule has 3 rings (SSSR count). The number of nitrogens with one attached hydrogen (secondary N) is 1. The largest absolute Gasteiger partial charge is 0.461 e. The van der Waals surface area contributed by atoms with Gasteiger partial charge in [0.1, 0.15) is 0 Å². The number of rotatable bonds is 4. The number of nitrogen functional groups attached to an aromatic ring is 1. The van der Waals surface area contributed by atoms with Crippen molar-refractivity contribution >= 4 is 22.6 Å². The van der Waals surface area contributed by atoms with E-state index in [-0.39, 0.29) is 5.97 Å². The number of hydrogen-bond donors (Lipinski definition) is 2. The maximum atomic E-state index is 11.9. The molecule has 0 saturated heterocycles. The molecule has 1 aliphatic rings. The van der Waals surface area contributed by atoms with Gasteiger partial charge in [0, 0.05) is 11.1 Å². The molecule has 2 aromatic rings. The fraction of sp³-hybridized carbons (Fsp3) is 0.385. The van der Waals surface area contributed by atoms with Gasteiger partial charge in [-0.3, -0.25) is 5.10 Å². The first-order chi connectivity index (χ1) is 8.74. The summed E-state index contributed by atoms with van der Waals surface area (Å²) in [7, 11) is 0. The van der Waals surface area contributed by atoms with Gasteiger partial charge in [0.2, 0.25) is 0 Å². The third kappa shape index (κ3) is 2.16. The molecule has 94 valence electrons. The van der Waals surface area contributed by atoms with Crippen molar-refractivity contribution in [2.24, 2.45) is 5.92 Å². The third-order valence-corrected chi connectivity index (χ3v) is 3.24. The fourth-order valence-electron chi connectivity index (χ4n) is 1.98. The van der Waals surface area contributed by atoms with E-state index in [1.54, 1.807) is 18.2 Å². The van der Waals surface area contributed by atoms with E-state index in [0.29, 0.717) is 23.4 Å². The molecule has 1 aromatic carbocycles. The van der Waals surface area contributed by atoms with Gasteiger partial charge in [0.25, 0.3) is 0 Å². The number of H-pyrrole nitrogens is 1. The summed E-state index contributed by atoms with van der Waals surface area (Å²) < 4.78 is 5.22. The molecule has 1 fully saturated rings. The highest BCUT2D eigenvalue weighted by atomic mass is 16.5. The van der Waals surface area contributed by atoms with Crippen molar-refractivity contribution in [3.63, 3.8) is 0 Å². The molecule has 1 heterocycles. The number of anilines is 1. The molecule has 0 aliphatic heterocycles. The van der Waals surface area contributed by atoms with E-state index in [2.05, 4.69) is 10.2 Å². The number of aromatic amines is 1. The lowest BCUT2D eigenvalue weighted by molar-refractivity contribution is 0.0490. The Balaban J connectivity index is 1.75. The number of esters is 1. The lowest BCUT2D eigenvalue weighted by atomic mass is 10.2. The highest BCUT2D eigenvalue weighted by Gasteiger charge is 2.22. The summed E-state index contributed by atoms with van der Waals surface area (Å²) in [6.45, 7) is 0.472. The van der Waals surface area contributed by atoms with Crippen molar-refractivity contribution in [1.29, 1.82) is 0 Å². The summed E-state index contributed by atoms with van der Waals surface area (Å²) in [5.74, 6) is 0.372. The van der Waals surface area contributed by atoms with Gasteiger partial charge in [-0.1, -0.05) is 12.8 Å². The number of hydrogen-bond acceptors (Lipinski definition) is 4. The Bertz CT molecular complexity index is 587. The van der Waals surface area contributed by atoms with Crippen LogP contribution < -0.4 is 5.73 Å². The predicted molar refractivity (Wildman–Crippen MR) is 68.1 cm³/mol. The Hall–Kier alpha value is -2.04. The molecule has 0 amide bonds. The number of fused-ring (bicyclic) bond motifs is 1. The normalized spacial score (nSPS) is 14.9. The van der Waals surface area contributed by atoms with Crippen molar-refractivity contribution in [3.8, 4) is 0 Å². The highest BCUT2D eigenvalue weighted by molar-refractivity contribution is 6.02. The molecular weight excluding hydrogens is 230 g/mol. The van der Waals surface area contributed by atoms with Crippen LogP contribution in [0.5, 0.6) is 0 Å². The lowest BCUT2D eigenvalue weighted by Crippen LogP contribution is -2.07. The molecule has 3 N–H and O–H groups in total. The summed E-state index contributed by atoms with van der Waals surface area (Å²) in [5.41, 5.74) is 7.42. The van der Waals surface area contributed by atoms with Crippen LogP contribution in [0.4, 0.5) is 5.69 Å². The highest BCUT2D eigenvalue weighted by Crippen LogP contribution is 2.32. The average Bonchev–Trinajstić information content (AvgIpc) is 3.07. The maximum Gasteiger partial charge on any atom is 0.359 e. The Labute approximate surface area is 104 Å². The van der Waals surface area contributed by atoms with Crippen LogP contribution in [0.1, 0.15) is 29.8 Å². The average molecular weight is 245 g/mol. The molecule has 0 spiro atoms. The number of nitrogens with two attached hydrogens (primary N) is 1. The van der Waals surface area contributed by atoms with Gasteiger partial charge in [-0.05, 0) is 30.5 Å². The summed E-state index contributed by atoms with van der Waals surface area (Å²) in [5, 5.41) is 7.51. The topological polar surface area (TPSA) is 81.0 Å². The van der Waals surface area contributed by atoms with Crippen molar-refractivity contribution in [1.82, 2.24) is 10.2 Å². The van der Waals surface area contributed by atoms with E-state index >= 15 is 0 Å². The van der Waals surface area contributed by atoms with Crippen LogP contribution in [0.25, 0.3) is 10.9 Å². The molecule has 0 atom stereocenters. The number of carbonyl (C=O) groups is 1. The van der Waals surface area contributed by atoms with Crippen LogP contribution in [-0.4, -0.2) is 22.8 Å². The van der Waals surface area contributed by atoms with E-state index < -0.39 is 0 Å². The zero-order chi connectivity index (χ0) is 12.5. The summed E-state index contributed by atoms with van der Waals surface area (Å²) in [6, 6.07) is 5.30. The van der Waals surface area contributed by atoms with E-state index in [1.165, 1.54) is 12.8 Å². The Morgan fingerprint density at radius 2 is 2.33 bits per heavy atom. The number of aromatic nitrogens is 2. The van der Waals surface area contributed by atoms with Gasteiger partial charge in [-0.2, -0.15) is 5.10 Å². The summed E-state index contributed by atoms with van der Waals surface area (Å²) in [6.07, 6.45) is 3.48. The molecule has 18 heavy (non-hydrogen) atoms. The number of nitrogens with zero attached hydrogens (tertiary/aromatic N) is 1. The standard InChI is InChI=1S/C13H15N3O2/c14-9-3-4-11-10(7-9)12(16-15-11)13(17)18-6-5-8-1-2-8/h3-4,7-8H,1-2,5-6,14H2,(H,15,16). The smallest absolute Gasteiger partial charge is 0.359 e. The zero-order valence-electron chi connectivity index (χ0n) is 9.98. The number of ether oxygens (including phenoxy) is 1. The summed E-state index contributed by atoms with van der Waals surface area (Å²) in [4.78, 5) is 11.9. The van der Waals surface area contributed by atoms with Crippen LogP contribution in [0.3, 0.4) is 0 Å². The van der Waals surface area contributed by atoms with E-state index in [0.717, 1.165) is 17.9 Å². The molecule has 1 saturated carbocycles. The van der Waals surface area contributed by atoms with E-state index in [1.807, 2.05) is 0 Å². The first kappa shape index (κ1) is 11.1. The Morgan fingerprint density at radius 1 is 1.50 bits per heavy atom. The molecule has 5 heteroatoms. The second-order valence-electron chi connectivity index (χ2n) is 4.75. The van der Waals surface area contributed by atoms with Gasteiger partial charge in [-0.25, -0.2) is 4.79 Å². The monoisotopic (exact) mass is 245 g/mol. The molecule has 1 aromatic heterocycles. The molecule has 1 aliphatic carbocycles. The maximum absolute atomic E-state index is 11.9. The Kier molecular flexibility index (Phi) is 2.66. The second-order valence-corrected chi connectivity index (χ2v) is 4.75. The van der Waals surface area contributed by atoms with Crippen LogP contribution in [0.15, 0.2) is 18.2 Å². The fourth-order valence-corrected chi connectivity index (χ4v) is 1.98.